The van der Waals surface area contributed by atoms with Crippen molar-refractivity contribution < 1.29 is 29.7 Å². The van der Waals surface area contributed by atoms with Crippen molar-refractivity contribution in [2.24, 2.45) is 0 Å². The quantitative estimate of drug-likeness (QED) is 0.163. The summed E-state index contributed by atoms with van der Waals surface area (Å²) in [5.74, 6) is 0. The number of rotatable bonds is 2. The molecule has 298 valence electrons. The van der Waals surface area contributed by atoms with Crippen LogP contribution in [0.4, 0.5) is 13.2 Å². The Morgan fingerprint density at radius 2 is 0.842 bits per heavy atom. The molecule has 0 atom stereocenters. The van der Waals surface area contributed by atoms with E-state index in [0.29, 0.717) is 44.8 Å². The van der Waals surface area contributed by atoms with E-state index in [4.69, 9.17) is 19.9 Å². The maximum Gasteiger partial charge on any atom is 2.00 e. The van der Waals surface area contributed by atoms with Gasteiger partial charge in [-0.1, -0.05) is 150 Å². The van der Waals surface area contributed by atoms with Crippen molar-refractivity contribution >= 4 is 46.4 Å². The summed E-state index contributed by atoms with van der Waals surface area (Å²) >= 11 is 0. The summed E-state index contributed by atoms with van der Waals surface area (Å²) in [4.78, 5) is 19.6. The van der Waals surface area contributed by atoms with Crippen molar-refractivity contribution in [3.8, 4) is 22.3 Å². The summed E-state index contributed by atoms with van der Waals surface area (Å²) in [5.41, 5.74) is 8.90. The monoisotopic (exact) mass is 810 g/mol. The van der Waals surface area contributed by atoms with Crippen molar-refractivity contribution in [2.45, 2.75) is 111 Å². The van der Waals surface area contributed by atoms with Crippen LogP contribution in [0.25, 0.3) is 68.6 Å². The van der Waals surface area contributed by atoms with Crippen molar-refractivity contribution in [2.75, 3.05) is 0 Å². The normalized spacial score (nSPS) is 13.6. The molecule has 2 aromatic carbocycles. The Bertz CT molecular complexity index is 2470. The third kappa shape index (κ3) is 8.48. The molecule has 2 aliphatic rings. The van der Waals surface area contributed by atoms with Gasteiger partial charge in [-0.2, -0.15) is 13.2 Å². The van der Waals surface area contributed by atoms with E-state index in [1.807, 2.05) is 30.4 Å². The molecule has 8 bridgehead atoms. The number of benzene rings is 2. The molecular formula is C49H51F3N4Ni. The second-order valence-corrected chi connectivity index (χ2v) is 19.3. The van der Waals surface area contributed by atoms with Crippen LogP contribution in [-0.2, 0) is 44.3 Å². The van der Waals surface area contributed by atoms with Gasteiger partial charge in [0.2, 0.25) is 0 Å². The molecule has 0 saturated heterocycles. The minimum atomic E-state index is -4.74. The van der Waals surface area contributed by atoms with Crippen LogP contribution in [0.1, 0.15) is 134 Å². The molecule has 0 aliphatic carbocycles. The van der Waals surface area contributed by atoms with Crippen LogP contribution in [-0.4, -0.2) is 9.97 Å². The van der Waals surface area contributed by atoms with Gasteiger partial charge in [0.05, 0.1) is 28.3 Å². The van der Waals surface area contributed by atoms with Gasteiger partial charge in [0, 0.05) is 0 Å². The number of nitrogens with zero attached hydrogens (tertiary/aromatic N) is 4. The van der Waals surface area contributed by atoms with Crippen molar-refractivity contribution in [1.29, 1.82) is 0 Å². The van der Waals surface area contributed by atoms with Crippen LogP contribution in [0.5, 0.6) is 0 Å². The average Bonchev–Trinajstić information content (AvgIpc) is 3.89. The molecule has 5 heterocycles. The largest absolute Gasteiger partial charge is 2.00 e. The maximum absolute atomic E-state index is 15.3. The van der Waals surface area contributed by atoms with E-state index in [-0.39, 0.29) is 49.4 Å². The van der Waals surface area contributed by atoms with Crippen molar-refractivity contribution in [3.63, 3.8) is 0 Å². The summed E-state index contributed by atoms with van der Waals surface area (Å²) in [6, 6.07) is 21.8. The van der Waals surface area contributed by atoms with Gasteiger partial charge >= 0.3 is 22.7 Å². The second-order valence-electron chi connectivity index (χ2n) is 19.3. The van der Waals surface area contributed by atoms with Gasteiger partial charge in [-0.15, -0.1) is 22.1 Å². The number of fused-ring (bicyclic) bond motifs is 8. The molecule has 0 N–H and O–H groups in total. The third-order valence-electron chi connectivity index (χ3n) is 10.6. The van der Waals surface area contributed by atoms with Crippen LogP contribution in [0.15, 0.2) is 66.7 Å². The number of aromatic nitrogens is 4. The van der Waals surface area contributed by atoms with Crippen LogP contribution in [0, 0.1) is 0 Å². The summed E-state index contributed by atoms with van der Waals surface area (Å²) in [7, 11) is 0. The van der Waals surface area contributed by atoms with Crippen LogP contribution in [0.2, 0.25) is 0 Å². The minimum Gasteiger partial charge on any atom is -0.657 e. The predicted molar refractivity (Wildman–Crippen MR) is 227 cm³/mol. The molecule has 0 saturated carbocycles. The Kier molecular flexibility index (Phi) is 10.5. The number of hydrogen-bond donors (Lipinski definition) is 0. The molecule has 0 radical (unpaired) electrons. The second kappa shape index (κ2) is 14.3. The Morgan fingerprint density at radius 3 is 1.32 bits per heavy atom. The van der Waals surface area contributed by atoms with E-state index in [2.05, 4.69) is 119 Å². The average molecular weight is 812 g/mol. The van der Waals surface area contributed by atoms with Crippen molar-refractivity contribution in [1.82, 2.24) is 19.9 Å². The number of hydrogen-bond acceptors (Lipinski definition) is 2. The molecule has 5 aromatic rings. The molecule has 0 spiro atoms. The summed E-state index contributed by atoms with van der Waals surface area (Å²) in [5, 5.41) is 0. The first kappa shape index (κ1) is 41.9. The van der Waals surface area contributed by atoms with Gasteiger partial charge in [-0.25, -0.2) is 9.97 Å². The Morgan fingerprint density at radius 1 is 0.439 bits per heavy atom. The van der Waals surface area contributed by atoms with Gasteiger partial charge in [-0.3, -0.25) is 0 Å². The zero-order chi connectivity index (χ0) is 40.7. The summed E-state index contributed by atoms with van der Waals surface area (Å²) in [6.45, 7) is 25.9. The van der Waals surface area contributed by atoms with Crippen LogP contribution >= 0.6 is 0 Å². The molecule has 3 aromatic heterocycles. The molecule has 4 nitrogen and oxygen atoms in total. The molecule has 0 amide bonds. The topological polar surface area (TPSA) is 54.0 Å². The first-order valence-electron chi connectivity index (χ1n) is 19.3. The van der Waals surface area contributed by atoms with E-state index in [1.54, 1.807) is 12.1 Å². The van der Waals surface area contributed by atoms with Crippen LogP contribution in [0.3, 0.4) is 0 Å². The molecule has 57 heavy (non-hydrogen) atoms. The number of alkyl halides is 3. The summed E-state index contributed by atoms with van der Waals surface area (Å²) in [6.07, 6.45) is 2.23. The Hall–Kier alpha value is -4.68. The maximum atomic E-state index is 15.3. The fraction of sp³-hybridized carbons (Fsp3) is 0.347. The molecular weight excluding hydrogens is 760 g/mol. The Balaban J connectivity index is 0.00000549. The first-order valence-corrected chi connectivity index (χ1v) is 19.3. The Labute approximate surface area is 345 Å². The molecule has 8 heteroatoms. The SMILES string of the molecule is CC(C)(C)c1cc(-c2c3nc(c(C(F)(F)F)c4ccc([n-]4)c(-c4cc(C(C)(C)C)cc(C(C)(C)C)c4)c4nc(cc5ccc2[n-]5)C=C4)C=C3)cc(C(C)(C)C)c1.[Ni+2]. The van der Waals surface area contributed by atoms with Gasteiger partial charge in [0.25, 0.3) is 0 Å². The molecule has 0 fully saturated rings. The van der Waals surface area contributed by atoms with E-state index in [9.17, 15) is 0 Å². The van der Waals surface area contributed by atoms with Gasteiger partial charge < -0.3 is 9.97 Å². The molecule has 7 rings (SSSR count). The summed E-state index contributed by atoms with van der Waals surface area (Å²) < 4.78 is 46.0. The van der Waals surface area contributed by atoms with E-state index >= 15 is 13.2 Å². The van der Waals surface area contributed by atoms with Crippen LogP contribution < -0.4 is 9.97 Å². The smallest absolute Gasteiger partial charge is 0.657 e. The molecule has 0 unspecified atom stereocenters. The van der Waals surface area contributed by atoms with Gasteiger partial charge in [0.15, 0.2) is 0 Å². The molecule has 2 aliphatic heterocycles. The van der Waals surface area contributed by atoms with E-state index in [0.717, 1.165) is 33.4 Å². The van der Waals surface area contributed by atoms with E-state index < -0.39 is 11.7 Å². The number of halogens is 3. The minimum absolute atomic E-state index is 0. The fourth-order valence-electron chi connectivity index (χ4n) is 7.18. The first-order chi connectivity index (χ1) is 25.9. The van der Waals surface area contributed by atoms with E-state index in [1.165, 1.54) is 12.1 Å². The van der Waals surface area contributed by atoms with Crippen molar-refractivity contribution in [3.05, 3.63) is 117 Å². The van der Waals surface area contributed by atoms with Gasteiger partial charge in [-0.05, 0) is 90.5 Å². The third-order valence-corrected chi connectivity index (χ3v) is 10.6. The fourth-order valence-corrected chi connectivity index (χ4v) is 7.18. The standard InChI is InChI=1S/C49H51F3N4.Ni/c1-45(2,3)30-21-28(22-31(25-30)46(4,5)6)42-36-15-13-34(53-36)27-35-14-16-37(54-35)43(29-23-32(47(7,8)9)26-33(24-29)48(10,11)12)39-18-20-41(56-39)44(49(50,51)52)40-19-17-38(42)55-40;/h13-27H,1-12H3;/q-2;+2. The van der Waals surface area contributed by atoms with Gasteiger partial charge in [0.1, 0.15) is 0 Å². The zero-order valence-corrected chi connectivity index (χ0v) is 35.9. The predicted octanol–water partition coefficient (Wildman–Crippen LogP) is 13.5. The zero-order valence-electron chi connectivity index (χ0n) is 34.9.